The van der Waals surface area contributed by atoms with E-state index in [-0.39, 0.29) is 17.0 Å². The van der Waals surface area contributed by atoms with Crippen molar-refractivity contribution in [2.24, 2.45) is 0 Å². The van der Waals surface area contributed by atoms with Gasteiger partial charge in [-0.3, -0.25) is 0 Å². The molecule has 0 N–H and O–H groups in total. The number of aromatic nitrogens is 1. The van der Waals surface area contributed by atoms with Gasteiger partial charge < -0.3 is 9.64 Å². The summed E-state index contributed by atoms with van der Waals surface area (Å²) >= 11 is 0. The number of carbonyl (C=O) groups is 1. The summed E-state index contributed by atoms with van der Waals surface area (Å²) in [6, 6.07) is 4.75. The molecule has 1 aromatic heterocycles. The lowest BCUT2D eigenvalue weighted by atomic mass is 10.1. The maximum Gasteiger partial charge on any atom is 0.416 e. The molecular formula is C20H20F2N2O2. The highest BCUT2D eigenvalue weighted by atomic mass is 19.1. The van der Waals surface area contributed by atoms with E-state index in [1.54, 1.807) is 20.0 Å². The first-order valence-electron chi connectivity index (χ1n) is 7.97. The summed E-state index contributed by atoms with van der Waals surface area (Å²) in [6.45, 7) is 7.39. The van der Waals surface area contributed by atoms with Crippen LogP contribution < -0.4 is 4.74 Å². The van der Waals surface area contributed by atoms with E-state index in [1.165, 1.54) is 11.1 Å². The molecule has 6 heteroatoms. The molecule has 0 spiro atoms. The van der Waals surface area contributed by atoms with E-state index in [4.69, 9.17) is 4.74 Å². The molecule has 0 fully saturated rings. The number of ether oxygens (including phenoxy) is 1. The average molecular weight is 358 g/mol. The SMILES string of the molecule is Cc1cc(C#Cc2cc(F)ccc2F)cnc1OC(=O)N(C)C(C)(C)C. The molecule has 0 aliphatic heterocycles. The molecular weight excluding hydrogens is 338 g/mol. The Labute approximate surface area is 151 Å². The lowest BCUT2D eigenvalue weighted by Crippen LogP contribution is -2.44. The molecule has 1 heterocycles. The molecule has 0 radical (unpaired) electrons. The monoisotopic (exact) mass is 358 g/mol. The summed E-state index contributed by atoms with van der Waals surface area (Å²) in [6.07, 6.45) is 0.894. The van der Waals surface area contributed by atoms with Crippen molar-refractivity contribution in [1.82, 2.24) is 9.88 Å². The fourth-order valence-electron chi connectivity index (χ4n) is 1.90. The van der Waals surface area contributed by atoms with E-state index in [0.29, 0.717) is 11.1 Å². The molecule has 0 saturated carbocycles. The Bertz CT molecular complexity index is 893. The van der Waals surface area contributed by atoms with E-state index in [0.717, 1.165) is 18.2 Å². The fourth-order valence-corrected chi connectivity index (χ4v) is 1.90. The minimum atomic E-state index is -0.598. The zero-order valence-electron chi connectivity index (χ0n) is 15.4. The lowest BCUT2D eigenvalue weighted by Gasteiger charge is -2.30. The van der Waals surface area contributed by atoms with Crippen LogP contribution in [0.3, 0.4) is 0 Å². The van der Waals surface area contributed by atoms with Gasteiger partial charge in [0, 0.05) is 29.9 Å². The number of rotatable bonds is 1. The predicted octanol–water partition coefficient (Wildman–Crippen LogP) is 4.30. The van der Waals surface area contributed by atoms with Gasteiger partial charge in [-0.1, -0.05) is 11.8 Å². The van der Waals surface area contributed by atoms with Crippen molar-refractivity contribution in [2.75, 3.05) is 7.05 Å². The largest absolute Gasteiger partial charge is 0.416 e. The van der Waals surface area contributed by atoms with Crippen molar-refractivity contribution in [3.63, 3.8) is 0 Å². The number of hydrogen-bond donors (Lipinski definition) is 0. The maximum atomic E-state index is 13.6. The molecule has 2 aromatic rings. The smallest absolute Gasteiger partial charge is 0.391 e. The van der Waals surface area contributed by atoms with Gasteiger partial charge in [0.25, 0.3) is 0 Å². The Hall–Kier alpha value is -2.94. The number of carbonyl (C=O) groups excluding carboxylic acids is 1. The molecule has 0 atom stereocenters. The summed E-state index contributed by atoms with van der Waals surface area (Å²) in [5.74, 6) is 4.32. The van der Waals surface area contributed by atoms with E-state index in [1.807, 2.05) is 20.8 Å². The van der Waals surface area contributed by atoms with Gasteiger partial charge in [-0.05, 0) is 52.0 Å². The average Bonchev–Trinajstić information content (AvgIpc) is 2.56. The first-order valence-corrected chi connectivity index (χ1v) is 7.97. The van der Waals surface area contributed by atoms with Crippen LogP contribution in [0, 0.1) is 30.4 Å². The molecule has 0 bridgehead atoms. The van der Waals surface area contributed by atoms with Crippen molar-refractivity contribution in [2.45, 2.75) is 33.2 Å². The summed E-state index contributed by atoms with van der Waals surface area (Å²) < 4.78 is 32.0. The highest BCUT2D eigenvalue weighted by molar-refractivity contribution is 5.71. The molecule has 136 valence electrons. The number of amides is 1. The number of nitrogens with zero attached hydrogens (tertiary/aromatic N) is 2. The van der Waals surface area contributed by atoms with Crippen molar-refractivity contribution in [3.05, 3.63) is 58.8 Å². The highest BCUT2D eigenvalue weighted by Gasteiger charge is 2.24. The summed E-state index contributed by atoms with van der Waals surface area (Å²) in [5, 5.41) is 0. The van der Waals surface area contributed by atoms with Gasteiger partial charge in [-0.2, -0.15) is 0 Å². The third kappa shape index (κ3) is 4.79. The van der Waals surface area contributed by atoms with Crippen molar-refractivity contribution < 1.29 is 18.3 Å². The quantitative estimate of drug-likeness (QED) is 0.714. The van der Waals surface area contributed by atoms with Crippen LogP contribution in [0.2, 0.25) is 0 Å². The fraction of sp³-hybridized carbons (Fsp3) is 0.300. The first-order chi connectivity index (χ1) is 12.1. The standard InChI is InChI=1S/C20H20F2N2O2/c1-13-10-14(6-7-15-11-16(21)8-9-17(15)22)12-23-18(13)26-19(25)24(5)20(2,3)4/h8-12H,1-5H3. The molecule has 0 saturated heterocycles. The van der Waals surface area contributed by atoms with E-state index in [9.17, 15) is 13.6 Å². The van der Waals surface area contributed by atoms with Crippen LogP contribution >= 0.6 is 0 Å². The molecule has 0 aliphatic carbocycles. The first kappa shape index (κ1) is 19.4. The Kier molecular flexibility index (Phi) is 5.61. The number of halogens is 2. The zero-order valence-corrected chi connectivity index (χ0v) is 15.4. The molecule has 0 aliphatic rings. The van der Waals surface area contributed by atoms with Gasteiger partial charge in [-0.25, -0.2) is 18.6 Å². The Balaban J connectivity index is 2.19. The van der Waals surface area contributed by atoms with Crippen LogP contribution in [0.5, 0.6) is 5.88 Å². The van der Waals surface area contributed by atoms with Crippen LogP contribution in [0.25, 0.3) is 0 Å². The second-order valence-electron chi connectivity index (χ2n) is 6.82. The zero-order chi connectivity index (χ0) is 19.5. The third-order valence-corrected chi connectivity index (χ3v) is 3.76. The van der Waals surface area contributed by atoms with Gasteiger partial charge in [-0.15, -0.1) is 0 Å². The van der Waals surface area contributed by atoms with E-state index < -0.39 is 17.7 Å². The second-order valence-corrected chi connectivity index (χ2v) is 6.82. The molecule has 1 amide bonds. The molecule has 0 unspecified atom stereocenters. The number of benzene rings is 1. The molecule has 4 nitrogen and oxygen atoms in total. The van der Waals surface area contributed by atoms with Gasteiger partial charge in [0.05, 0.1) is 5.56 Å². The maximum absolute atomic E-state index is 13.6. The van der Waals surface area contributed by atoms with Gasteiger partial charge in [0.1, 0.15) is 11.6 Å². The van der Waals surface area contributed by atoms with Crippen LogP contribution in [0.15, 0.2) is 30.5 Å². The normalized spacial score (nSPS) is 10.7. The molecule has 26 heavy (non-hydrogen) atoms. The second kappa shape index (κ2) is 7.52. The minimum absolute atomic E-state index is 0.0371. The van der Waals surface area contributed by atoms with E-state index in [2.05, 4.69) is 16.8 Å². The molecule has 2 rings (SSSR count). The van der Waals surface area contributed by atoms with Crippen molar-refractivity contribution in [3.8, 4) is 17.7 Å². The highest BCUT2D eigenvalue weighted by Crippen LogP contribution is 2.18. The summed E-state index contributed by atoms with van der Waals surface area (Å²) in [4.78, 5) is 17.7. The van der Waals surface area contributed by atoms with Crippen molar-refractivity contribution in [1.29, 1.82) is 0 Å². The Morgan fingerprint density at radius 2 is 1.88 bits per heavy atom. The van der Waals surface area contributed by atoms with E-state index >= 15 is 0 Å². The third-order valence-electron chi connectivity index (χ3n) is 3.76. The number of hydrogen-bond acceptors (Lipinski definition) is 3. The van der Waals surface area contributed by atoms with Crippen LogP contribution in [-0.2, 0) is 0 Å². The van der Waals surface area contributed by atoms with Crippen LogP contribution in [-0.4, -0.2) is 28.6 Å². The van der Waals surface area contributed by atoms with Gasteiger partial charge in [0.2, 0.25) is 5.88 Å². The molecule has 1 aromatic carbocycles. The minimum Gasteiger partial charge on any atom is -0.391 e. The van der Waals surface area contributed by atoms with Crippen LogP contribution in [0.4, 0.5) is 13.6 Å². The number of aryl methyl sites for hydroxylation is 1. The predicted molar refractivity (Wildman–Crippen MR) is 94.9 cm³/mol. The topological polar surface area (TPSA) is 42.4 Å². The Morgan fingerprint density at radius 3 is 2.50 bits per heavy atom. The summed E-state index contributed by atoms with van der Waals surface area (Å²) in [7, 11) is 1.64. The summed E-state index contributed by atoms with van der Waals surface area (Å²) in [5.41, 5.74) is 0.679. The van der Waals surface area contributed by atoms with Crippen LogP contribution in [0.1, 0.15) is 37.5 Å². The van der Waals surface area contributed by atoms with Crippen molar-refractivity contribution >= 4 is 6.09 Å². The number of pyridine rings is 1. The Morgan fingerprint density at radius 1 is 1.19 bits per heavy atom. The lowest BCUT2D eigenvalue weighted by molar-refractivity contribution is 0.122. The van der Waals surface area contributed by atoms with Gasteiger partial charge in [0.15, 0.2) is 0 Å². The van der Waals surface area contributed by atoms with Gasteiger partial charge >= 0.3 is 6.09 Å².